The molecule has 3 N–H and O–H groups in total. The van der Waals surface area contributed by atoms with Gasteiger partial charge in [-0.1, -0.05) is 41.9 Å². The summed E-state index contributed by atoms with van der Waals surface area (Å²) in [4.78, 5) is 26.6. The van der Waals surface area contributed by atoms with Crippen LogP contribution in [0, 0.1) is 6.92 Å². The molecule has 0 spiro atoms. The Morgan fingerprint density at radius 1 is 0.978 bits per heavy atom. The van der Waals surface area contributed by atoms with Gasteiger partial charge in [-0.2, -0.15) is 0 Å². The van der Waals surface area contributed by atoms with E-state index in [1.807, 2.05) is 55.5 Å². The van der Waals surface area contributed by atoms with Gasteiger partial charge in [-0.25, -0.2) is 0 Å². The lowest BCUT2D eigenvalue weighted by molar-refractivity contribution is 0.102. The number of nitrogens with zero attached hydrogens (tertiary/aromatic N) is 4. The van der Waals surface area contributed by atoms with E-state index in [1.165, 1.54) is 0 Å². The SMILES string of the molecule is COc1cc(-c2nccc(-c3cccc(NC(=O)c4ccc(CN5CC[C@H](O)C5)cn4)c3C)c2Cl)ccc1CN1CC[C@H](O)C1. The summed E-state index contributed by atoms with van der Waals surface area (Å²) in [6.07, 6.45) is 4.48. The highest BCUT2D eigenvalue weighted by Crippen LogP contribution is 2.39. The van der Waals surface area contributed by atoms with Crippen molar-refractivity contribution in [1.29, 1.82) is 0 Å². The molecule has 9 nitrogen and oxygen atoms in total. The number of halogens is 1. The molecule has 2 aromatic heterocycles. The lowest BCUT2D eigenvalue weighted by atomic mass is 9.97. The van der Waals surface area contributed by atoms with Crippen LogP contribution in [0.4, 0.5) is 5.69 Å². The minimum atomic E-state index is -0.296. The molecule has 234 valence electrons. The number of anilines is 1. The summed E-state index contributed by atoms with van der Waals surface area (Å²) in [6, 6.07) is 17.2. The van der Waals surface area contributed by atoms with Crippen molar-refractivity contribution < 1.29 is 19.7 Å². The molecular weight excluding hydrogens is 590 g/mol. The summed E-state index contributed by atoms with van der Waals surface area (Å²) in [5.74, 6) is 0.449. The van der Waals surface area contributed by atoms with E-state index in [2.05, 4.69) is 25.1 Å². The van der Waals surface area contributed by atoms with Crippen LogP contribution >= 0.6 is 11.6 Å². The second-order valence-electron chi connectivity index (χ2n) is 11.9. The third-order valence-corrected chi connectivity index (χ3v) is 9.06. The molecule has 0 radical (unpaired) electrons. The fraction of sp³-hybridized carbons (Fsp3) is 0.343. The highest BCUT2D eigenvalue weighted by molar-refractivity contribution is 6.35. The number of methoxy groups -OCH3 is 1. The quantitative estimate of drug-likeness (QED) is 0.233. The molecule has 1 amide bonds. The van der Waals surface area contributed by atoms with Crippen molar-refractivity contribution in [1.82, 2.24) is 19.8 Å². The molecule has 0 saturated carbocycles. The number of pyridine rings is 2. The van der Waals surface area contributed by atoms with Crippen molar-refractivity contribution in [3.63, 3.8) is 0 Å². The van der Waals surface area contributed by atoms with Crippen LogP contribution in [-0.4, -0.2) is 81.4 Å². The number of benzene rings is 2. The number of ether oxygens (including phenoxy) is 1. The number of rotatable bonds is 9. The summed E-state index contributed by atoms with van der Waals surface area (Å²) in [5.41, 5.74) is 7.06. The van der Waals surface area contributed by atoms with Crippen LogP contribution in [0.25, 0.3) is 22.4 Å². The average Bonchev–Trinajstić information content (AvgIpc) is 3.65. The standard InChI is InChI=1S/C35H38ClN5O4/c1-22-28(4-3-5-30(22)39-35(44)31-9-6-23(17-38-31)18-40-14-11-26(42)20-40)29-10-13-37-34(33(29)36)24-7-8-25(32(16-24)45-2)19-41-15-12-27(43)21-41/h3-10,13,16-17,26-27,42-43H,11-12,14-15,18-21H2,1-2H3,(H,39,44)/t26-,27-/m0/s1. The zero-order valence-electron chi connectivity index (χ0n) is 25.5. The predicted octanol–water partition coefficient (Wildman–Crippen LogP) is 5.17. The zero-order chi connectivity index (χ0) is 31.5. The Morgan fingerprint density at radius 3 is 2.40 bits per heavy atom. The van der Waals surface area contributed by atoms with Crippen LogP contribution in [-0.2, 0) is 13.1 Å². The third-order valence-electron chi connectivity index (χ3n) is 8.67. The van der Waals surface area contributed by atoms with Crippen LogP contribution in [0.15, 0.2) is 67.0 Å². The first-order chi connectivity index (χ1) is 21.8. The van der Waals surface area contributed by atoms with Crippen LogP contribution in [0.2, 0.25) is 5.02 Å². The van der Waals surface area contributed by atoms with E-state index in [4.69, 9.17) is 16.3 Å². The Morgan fingerprint density at radius 2 is 1.73 bits per heavy atom. The summed E-state index contributed by atoms with van der Waals surface area (Å²) in [7, 11) is 1.65. The molecule has 2 atom stereocenters. The van der Waals surface area contributed by atoms with Crippen LogP contribution < -0.4 is 10.1 Å². The Bertz CT molecular complexity index is 1680. The molecule has 0 bridgehead atoms. The van der Waals surface area contributed by atoms with E-state index >= 15 is 0 Å². The summed E-state index contributed by atoms with van der Waals surface area (Å²) < 4.78 is 5.73. The Labute approximate surface area is 268 Å². The van der Waals surface area contributed by atoms with Crippen molar-refractivity contribution in [2.45, 2.75) is 45.1 Å². The first-order valence-corrected chi connectivity index (χ1v) is 15.7. The lowest BCUT2D eigenvalue weighted by Crippen LogP contribution is -2.21. The van der Waals surface area contributed by atoms with E-state index in [0.29, 0.717) is 48.3 Å². The van der Waals surface area contributed by atoms with E-state index in [0.717, 1.165) is 65.1 Å². The van der Waals surface area contributed by atoms with Gasteiger partial charge in [-0.3, -0.25) is 24.6 Å². The molecule has 0 aliphatic carbocycles. The maximum absolute atomic E-state index is 13.2. The van der Waals surface area contributed by atoms with Crippen molar-refractivity contribution >= 4 is 23.2 Å². The number of carbonyl (C=O) groups is 1. The van der Waals surface area contributed by atoms with Crippen molar-refractivity contribution in [3.05, 3.63) is 94.4 Å². The smallest absolute Gasteiger partial charge is 0.274 e. The number of carbonyl (C=O) groups excluding carboxylic acids is 1. The first kappa shape index (κ1) is 31.1. The minimum Gasteiger partial charge on any atom is -0.496 e. The number of aliphatic hydroxyl groups is 2. The zero-order valence-corrected chi connectivity index (χ0v) is 26.3. The highest BCUT2D eigenvalue weighted by Gasteiger charge is 2.23. The maximum atomic E-state index is 13.2. The largest absolute Gasteiger partial charge is 0.496 e. The van der Waals surface area contributed by atoms with Gasteiger partial charge in [0.2, 0.25) is 0 Å². The molecule has 0 unspecified atom stereocenters. The van der Waals surface area contributed by atoms with Gasteiger partial charge in [0.1, 0.15) is 11.4 Å². The van der Waals surface area contributed by atoms with Gasteiger partial charge in [0.05, 0.1) is 30.0 Å². The van der Waals surface area contributed by atoms with Gasteiger partial charge in [-0.15, -0.1) is 0 Å². The highest BCUT2D eigenvalue weighted by atomic mass is 35.5. The Kier molecular flexibility index (Phi) is 9.44. The van der Waals surface area contributed by atoms with Gasteiger partial charge in [0.25, 0.3) is 5.91 Å². The van der Waals surface area contributed by atoms with Crippen LogP contribution in [0.5, 0.6) is 5.75 Å². The van der Waals surface area contributed by atoms with Crippen molar-refractivity contribution in [2.24, 2.45) is 0 Å². The number of amides is 1. The second-order valence-corrected chi connectivity index (χ2v) is 12.3. The fourth-order valence-corrected chi connectivity index (χ4v) is 6.51. The minimum absolute atomic E-state index is 0.271. The topological polar surface area (TPSA) is 111 Å². The van der Waals surface area contributed by atoms with Crippen LogP contribution in [0.1, 0.15) is 40.0 Å². The molecule has 4 aromatic rings. The first-order valence-electron chi connectivity index (χ1n) is 15.3. The van der Waals surface area contributed by atoms with Gasteiger partial charge in [0.15, 0.2) is 0 Å². The normalized spacial score (nSPS) is 18.8. The lowest BCUT2D eigenvalue weighted by Gasteiger charge is -2.18. The molecule has 6 rings (SSSR count). The molecular formula is C35H38ClN5O4. The molecule has 2 aliphatic heterocycles. The van der Waals surface area contributed by atoms with Gasteiger partial charge < -0.3 is 20.3 Å². The number of aromatic nitrogens is 2. The Balaban J connectivity index is 1.20. The van der Waals surface area contributed by atoms with E-state index in [-0.39, 0.29) is 18.1 Å². The number of nitrogens with one attached hydrogen (secondary N) is 1. The molecule has 10 heteroatoms. The molecule has 2 saturated heterocycles. The molecule has 2 fully saturated rings. The van der Waals surface area contributed by atoms with E-state index in [1.54, 1.807) is 25.6 Å². The van der Waals surface area contributed by atoms with E-state index in [9.17, 15) is 15.0 Å². The molecule has 2 aliphatic rings. The fourth-order valence-electron chi connectivity index (χ4n) is 6.19. The maximum Gasteiger partial charge on any atom is 0.274 e. The summed E-state index contributed by atoms with van der Waals surface area (Å²) >= 11 is 7.02. The number of likely N-dealkylation sites (tertiary alicyclic amines) is 2. The summed E-state index contributed by atoms with van der Waals surface area (Å²) in [6.45, 7) is 6.38. The van der Waals surface area contributed by atoms with E-state index < -0.39 is 0 Å². The van der Waals surface area contributed by atoms with Gasteiger partial charge in [-0.05, 0) is 60.7 Å². The monoisotopic (exact) mass is 627 g/mol. The summed E-state index contributed by atoms with van der Waals surface area (Å²) in [5, 5.41) is 23.2. The van der Waals surface area contributed by atoms with Gasteiger partial charge in [0, 0.05) is 74.0 Å². The Hall–Kier alpha value is -3.86. The average molecular weight is 628 g/mol. The predicted molar refractivity (Wildman–Crippen MR) is 175 cm³/mol. The van der Waals surface area contributed by atoms with Crippen molar-refractivity contribution in [2.75, 3.05) is 38.6 Å². The van der Waals surface area contributed by atoms with Crippen molar-refractivity contribution in [3.8, 4) is 28.1 Å². The molecule has 2 aromatic carbocycles. The number of hydrogen-bond donors (Lipinski definition) is 3. The number of aliphatic hydroxyl groups excluding tert-OH is 2. The second kappa shape index (κ2) is 13.6. The third kappa shape index (κ3) is 7.03. The number of hydrogen-bond acceptors (Lipinski definition) is 8. The molecule has 4 heterocycles. The van der Waals surface area contributed by atoms with Gasteiger partial charge >= 0.3 is 0 Å². The van der Waals surface area contributed by atoms with Crippen LogP contribution in [0.3, 0.4) is 0 Å². The number of β-amino-alcohol motifs (C(OH)–C–C–N with tert-alkyl or cyclic N) is 2. The molecule has 45 heavy (non-hydrogen) atoms.